The number of phosphoric acid groups is 2. The summed E-state index contributed by atoms with van der Waals surface area (Å²) in [4.78, 5) is 73.0. The fourth-order valence-electron chi connectivity index (χ4n) is 13.0. The SMILES string of the molecule is CCCCCCCCCCCCCCCCCCCCCCCC(=O)OC[C@H](COP(=O)(O)OC[C@@H](O)COP(=O)(O)OC[C@@H](COC(=O)CCCCCCCCC(C)C)OC(=O)CCCCCCCCCCC(C)CC)OC(=O)CCCCCCCCCCCCCCCCCCCCC(C)C. The van der Waals surface area contributed by atoms with Gasteiger partial charge in [0.1, 0.15) is 19.3 Å². The predicted octanol–water partition coefficient (Wildman–Crippen LogP) is 25.3. The lowest BCUT2D eigenvalue weighted by atomic mass is 9.99. The van der Waals surface area contributed by atoms with Gasteiger partial charge in [0.25, 0.3) is 0 Å². The Labute approximate surface area is 632 Å². The van der Waals surface area contributed by atoms with E-state index in [9.17, 15) is 43.2 Å². The maximum atomic E-state index is 13.1. The molecular formula is C84H164O17P2. The normalized spacial score (nSPS) is 14.2. The van der Waals surface area contributed by atoms with Gasteiger partial charge >= 0.3 is 39.5 Å². The third-order valence-electron chi connectivity index (χ3n) is 20.0. The Bertz CT molecular complexity index is 1990. The van der Waals surface area contributed by atoms with Gasteiger partial charge in [-0.3, -0.25) is 37.3 Å². The molecule has 3 unspecified atom stereocenters. The number of unbranched alkanes of at least 4 members (excludes halogenated alkanes) is 49. The van der Waals surface area contributed by atoms with Gasteiger partial charge in [-0.25, -0.2) is 9.13 Å². The predicted molar refractivity (Wildman–Crippen MR) is 423 cm³/mol. The summed E-state index contributed by atoms with van der Waals surface area (Å²) in [5.74, 6) is 0.156. The van der Waals surface area contributed by atoms with Crippen molar-refractivity contribution < 1.29 is 80.2 Å². The highest BCUT2D eigenvalue weighted by Gasteiger charge is 2.30. The third kappa shape index (κ3) is 76.6. The highest BCUT2D eigenvalue weighted by molar-refractivity contribution is 7.47. The van der Waals surface area contributed by atoms with Gasteiger partial charge < -0.3 is 33.8 Å². The first-order chi connectivity index (χ1) is 49.8. The first-order valence-corrected chi connectivity index (χ1v) is 46.4. The van der Waals surface area contributed by atoms with Crippen LogP contribution in [0.25, 0.3) is 0 Å². The van der Waals surface area contributed by atoms with Crippen LogP contribution in [0.2, 0.25) is 0 Å². The first-order valence-electron chi connectivity index (χ1n) is 43.4. The van der Waals surface area contributed by atoms with Crippen LogP contribution in [0.3, 0.4) is 0 Å². The van der Waals surface area contributed by atoms with Gasteiger partial charge in [0.05, 0.1) is 26.4 Å². The molecule has 0 aliphatic heterocycles. The number of aliphatic hydroxyl groups is 1. The van der Waals surface area contributed by atoms with E-state index in [1.54, 1.807) is 0 Å². The molecule has 0 radical (unpaired) electrons. The summed E-state index contributed by atoms with van der Waals surface area (Å²) in [6, 6.07) is 0. The second-order valence-corrected chi connectivity index (χ2v) is 34.3. The van der Waals surface area contributed by atoms with Crippen molar-refractivity contribution in [1.82, 2.24) is 0 Å². The molecule has 19 heteroatoms. The number of hydrogen-bond acceptors (Lipinski definition) is 15. The molecule has 17 nitrogen and oxygen atoms in total. The van der Waals surface area contributed by atoms with Crippen molar-refractivity contribution in [2.45, 2.75) is 458 Å². The number of phosphoric ester groups is 2. The van der Waals surface area contributed by atoms with Crippen molar-refractivity contribution in [3.05, 3.63) is 0 Å². The van der Waals surface area contributed by atoms with Crippen LogP contribution in [0.1, 0.15) is 440 Å². The Morgan fingerprint density at radius 3 is 0.738 bits per heavy atom. The summed E-state index contributed by atoms with van der Waals surface area (Å²) in [6.07, 6.45) is 64.2. The summed E-state index contributed by atoms with van der Waals surface area (Å²) in [7, 11) is -9.92. The average molecular weight is 1510 g/mol. The Hall–Kier alpha value is -1.94. The van der Waals surface area contributed by atoms with Gasteiger partial charge in [-0.15, -0.1) is 0 Å². The monoisotopic (exact) mass is 1510 g/mol. The van der Waals surface area contributed by atoms with Crippen LogP contribution >= 0.6 is 15.6 Å². The molecule has 103 heavy (non-hydrogen) atoms. The van der Waals surface area contributed by atoms with Crippen LogP contribution in [-0.2, 0) is 65.4 Å². The number of carbonyl (C=O) groups excluding carboxylic acids is 4. The molecule has 0 saturated heterocycles. The Balaban J connectivity index is 5.19. The number of rotatable bonds is 82. The van der Waals surface area contributed by atoms with E-state index in [4.69, 9.17) is 37.0 Å². The van der Waals surface area contributed by atoms with E-state index in [1.807, 2.05) is 0 Å². The van der Waals surface area contributed by atoms with Gasteiger partial charge in [0.15, 0.2) is 12.2 Å². The molecule has 0 spiro atoms. The molecule has 6 atom stereocenters. The van der Waals surface area contributed by atoms with Crippen molar-refractivity contribution >= 4 is 39.5 Å². The molecule has 0 aromatic rings. The van der Waals surface area contributed by atoms with Gasteiger partial charge in [0, 0.05) is 25.7 Å². The van der Waals surface area contributed by atoms with E-state index in [0.29, 0.717) is 31.6 Å². The highest BCUT2D eigenvalue weighted by atomic mass is 31.2. The average Bonchev–Trinajstić information content (AvgIpc) is 0.909. The summed E-state index contributed by atoms with van der Waals surface area (Å²) >= 11 is 0. The van der Waals surface area contributed by atoms with E-state index in [1.165, 1.54) is 244 Å². The Morgan fingerprint density at radius 2 is 0.495 bits per heavy atom. The number of hydrogen-bond donors (Lipinski definition) is 3. The number of ether oxygens (including phenoxy) is 4. The summed E-state index contributed by atoms with van der Waals surface area (Å²) < 4.78 is 68.7. The van der Waals surface area contributed by atoms with Crippen molar-refractivity contribution in [1.29, 1.82) is 0 Å². The lowest BCUT2D eigenvalue weighted by Gasteiger charge is -2.21. The van der Waals surface area contributed by atoms with E-state index in [2.05, 4.69) is 48.5 Å². The largest absolute Gasteiger partial charge is 0.472 e. The van der Waals surface area contributed by atoms with Crippen LogP contribution in [-0.4, -0.2) is 96.7 Å². The molecule has 0 saturated carbocycles. The lowest BCUT2D eigenvalue weighted by Crippen LogP contribution is -2.30. The molecular weight excluding hydrogens is 1340 g/mol. The minimum atomic E-state index is -4.96. The van der Waals surface area contributed by atoms with Crippen molar-refractivity contribution in [3.8, 4) is 0 Å². The number of carbonyl (C=O) groups is 4. The van der Waals surface area contributed by atoms with Gasteiger partial charge in [-0.1, -0.05) is 389 Å². The molecule has 0 amide bonds. The minimum Gasteiger partial charge on any atom is -0.462 e. The van der Waals surface area contributed by atoms with Crippen LogP contribution in [0.15, 0.2) is 0 Å². The van der Waals surface area contributed by atoms with E-state index < -0.39 is 97.5 Å². The van der Waals surface area contributed by atoms with Gasteiger partial charge in [-0.2, -0.15) is 0 Å². The van der Waals surface area contributed by atoms with Crippen molar-refractivity contribution in [2.75, 3.05) is 39.6 Å². The lowest BCUT2D eigenvalue weighted by molar-refractivity contribution is -0.161. The van der Waals surface area contributed by atoms with E-state index in [-0.39, 0.29) is 25.7 Å². The standard InChI is InChI=1S/C84H164O17P2/c1-8-10-11-12-13-14-15-16-17-18-19-20-21-25-28-31-34-37-43-51-58-65-81(86)94-71-79(100-83(88)67-60-53-44-38-35-32-29-26-23-22-24-27-30-33-36-41-48-55-62-75(3)4)73-98-102(90,91)96-69-78(85)70-97-103(92,93)99-74-80(72-95-82(87)66-59-52-47-46-49-56-63-76(5)6)101-84(89)68-61-54-45-40-39-42-50-57-64-77(7)9-2/h75-80,85H,8-74H2,1-7H3,(H,90,91)(H,92,93)/t77?,78-,79-,80-/m1/s1. The molecule has 3 N–H and O–H groups in total. The zero-order valence-electron chi connectivity index (χ0n) is 67.8. The zero-order valence-corrected chi connectivity index (χ0v) is 69.6. The molecule has 0 aliphatic carbocycles. The second-order valence-electron chi connectivity index (χ2n) is 31.4. The van der Waals surface area contributed by atoms with E-state index >= 15 is 0 Å². The van der Waals surface area contributed by atoms with Crippen LogP contribution < -0.4 is 0 Å². The smallest absolute Gasteiger partial charge is 0.462 e. The second kappa shape index (κ2) is 74.2. The minimum absolute atomic E-state index is 0.104. The topological polar surface area (TPSA) is 237 Å². The Kier molecular flexibility index (Phi) is 72.8. The summed E-state index contributed by atoms with van der Waals surface area (Å²) in [5.41, 5.74) is 0. The van der Waals surface area contributed by atoms with Gasteiger partial charge in [0.2, 0.25) is 0 Å². The fourth-order valence-corrected chi connectivity index (χ4v) is 14.6. The van der Waals surface area contributed by atoms with Crippen LogP contribution in [0.4, 0.5) is 0 Å². The molecule has 612 valence electrons. The zero-order chi connectivity index (χ0) is 75.8. The highest BCUT2D eigenvalue weighted by Crippen LogP contribution is 2.45. The van der Waals surface area contributed by atoms with E-state index in [0.717, 1.165) is 108 Å². The van der Waals surface area contributed by atoms with Crippen LogP contribution in [0.5, 0.6) is 0 Å². The maximum Gasteiger partial charge on any atom is 0.472 e. The summed E-state index contributed by atoms with van der Waals surface area (Å²) in [5, 5.41) is 10.6. The van der Waals surface area contributed by atoms with Crippen molar-refractivity contribution in [2.24, 2.45) is 17.8 Å². The maximum absolute atomic E-state index is 13.1. The molecule has 0 aliphatic rings. The molecule has 0 fully saturated rings. The summed E-state index contributed by atoms with van der Waals surface area (Å²) in [6.45, 7) is 11.9. The Morgan fingerprint density at radius 1 is 0.282 bits per heavy atom. The first kappa shape index (κ1) is 101. The van der Waals surface area contributed by atoms with Crippen molar-refractivity contribution in [3.63, 3.8) is 0 Å². The molecule has 0 bridgehead atoms. The third-order valence-corrected chi connectivity index (χ3v) is 21.9. The molecule has 0 rings (SSSR count). The molecule has 0 aromatic heterocycles. The molecule has 0 aromatic carbocycles. The molecule has 0 heterocycles. The number of aliphatic hydroxyl groups excluding tert-OH is 1. The number of esters is 4. The van der Waals surface area contributed by atoms with Crippen LogP contribution in [0, 0.1) is 17.8 Å². The van der Waals surface area contributed by atoms with Gasteiger partial charge in [-0.05, 0) is 43.4 Å². The fraction of sp³-hybridized carbons (Fsp3) is 0.952. The quantitative estimate of drug-likeness (QED) is 0.0222.